The number of hydrogen-bond donors (Lipinski definition) is 0. The van der Waals surface area contributed by atoms with E-state index < -0.39 is 0 Å². The summed E-state index contributed by atoms with van der Waals surface area (Å²) >= 11 is 0. The fourth-order valence-electron chi connectivity index (χ4n) is 3.56. The first-order chi connectivity index (χ1) is 12.8. The molecule has 2 aliphatic heterocycles. The minimum Gasteiger partial charge on any atom is -0.493 e. The standard InChI is InChI=1S/C21H24N2O3/c1-24-20-10-5-9-17-14-23(11-6-12-25-21(17)20)15-18-13-19(22-26-18)16-7-3-2-4-8-16/h2-5,7-10,18H,6,11-15H2,1H3. The van der Waals surface area contributed by atoms with Crippen molar-refractivity contribution in [2.45, 2.75) is 25.5 Å². The summed E-state index contributed by atoms with van der Waals surface area (Å²) in [5.41, 5.74) is 3.34. The van der Waals surface area contributed by atoms with Crippen LogP contribution >= 0.6 is 0 Å². The third-order valence-electron chi connectivity index (χ3n) is 4.84. The Balaban J connectivity index is 1.42. The molecule has 1 unspecified atom stereocenters. The molecule has 4 rings (SSSR count). The fourth-order valence-corrected chi connectivity index (χ4v) is 3.56. The van der Waals surface area contributed by atoms with E-state index >= 15 is 0 Å². The van der Waals surface area contributed by atoms with Gasteiger partial charge in [0, 0.05) is 31.6 Å². The van der Waals surface area contributed by atoms with Gasteiger partial charge in [0.2, 0.25) is 0 Å². The second-order valence-electron chi connectivity index (χ2n) is 6.72. The molecule has 136 valence electrons. The third-order valence-corrected chi connectivity index (χ3v) is 4.84. The van der Waals surface area contributed by atoms with Crippen LogP contribution in [0.1, 0.15) is 24.0 Å². The molecule has 0 bridgehead atoms. The minimum absolute atomic E-state index is 0.0969. The molecular formula is C21H24N2O3. The molecule has 2 aromatic carbocycles. The second-order valence-corrected chi connectivity index (χ2v) is 6.72. The maximum absolute atomic E-state index is 5.94. The molecule has 0 aliphatic carbocycles. The van der Waals surface area contributed by atoms with Crippen LogP contribution in [0.5, 0.6) is 11.5 Å². The number of oxime groups is 1. The normalized spacial score (nSPS) is 20.2. The van der Waals surface area contributed by atoms with E-state index in [-0.39, 0.29) is 6.10 Å². The molecule has 2 aliphatic rings. The van der Waals surface area contributed by atoms with Gasteiger partial charge in [-0.15, -0.1) is 0 Å². The maximum atomic E-state index is 5.94. The van der Waals surface area contributed by atoms with Crippen LogP contribution in [0.15, 0.2) is 53.7 Å². The number of methoxy groups -OCH3 is 1. The molecule has 0 saturated carbocycles. The van der Waals surface area contributed by atoms with E-state index in [2.05, 4.69) is 28.3 Å². The van der Waals surface area contributed by atoms with Crippen molar-refractivity contribution < 1.29 is 14.3 Å². The number of fused-ring (bicyclic) bond motifs is 1. The minimum atomic E-state index is 0.0969. The van der Waals surface area contributed by atoms with Gasteiger partial charge < -0.3 is 14.3 Å². The summed E-state index contributed by atoms with van der Waals surface area (Å²) in [7, 11) is 1.68. The molecule has 0 spiro atoms. The molecular weight excluding hydrogens is 328 g/mol. The average Bonchev–Trinajstić information content (AvgIpc) is 3.13. The Labute approximate surface area is 154 Å². The molecule has 26 heavy (non-hydrogen) atoms. The van der Waals surface area contributed by atoms with Gasteiger partial charge in [0.05, 0.1) is 19.4 Å². The lowest BCUT2D eigenvalue weighted by molar-refractivity contribution is 0.0469. The Hall–Kier alpha value is -2.53. The molecule has 0 N–H and O–H groups in total. The summed E-state index contributed by atoms with van der Waals surface area (Å²) in [4.78, 5) is 8.14. The monoisotopic (exact) mass is 352 g/mol. The van der Waals surface area contributed by atoms with Gasteiger partial charge in [0.15, 0.2) is 11.5 Å². The number of benzene rings is 2. The molecule has 2 aromatic rings. The van der Waals surface area contributed by atoms with Crippen LogP contribution in [0.2, 0.25) is 0 Å². The van der Waals surface area contributed by atoms with Crippen LogP contribution in [0, 0.1) is 0 Å². The van der Waals surface area contributed by atoms with Crippen molar-refractivity contribution in [1.82, 2.24) is 4.90 Å². The Morgan fingerprint density at radius 2 is 2.04 bits per heavy atom. The summed E-state index contributed by atoms with van der Waals surface area (Å²) in [5.74, 6) is 1.67. The third kappa shape index (κ3) is 3.68. The van der Waals surface area contributed by atoms with E-state index in [0.717, 1.165) is 60.8 Å². The van der Waals surface area contributed by atoms with Crippen LogP contribution in [0.4, 0.5) is 0 Å². The van der Waals surface area contributed by atoms with Crippen molar-refractivity contribution in [3.8, 4) is 11.5 Å². The fraction of sp³-hybridized carbons (Fsp3) is 0.381. The zero-order valence-electron chi connectivity index (χ0n) is 15.1. The van der Waals surface area contributed by atoms with Gasteiger partial charge in [-0.05, 0) is 18.1 Å². The average molecular weight is 352 g/mol. The Bertz CT molecular complexity index is 776. The summed E-state index contributed by atoms with van der Waals surface area (Å²) in [6, 6.07) is 16.3. The molecule has 5 nitrogen and oxygen atoms in total. The van der Waals surface area contributed by atoms with E-state index in [9.17, 15) is 0 Å². The van der Waals surface area contributed by atoms with Crippen LogP contribution in [0.25, 0.3) is 0 Å². The zero-order valence-corrected chi connectivity index (χ0v) is 15.1. The molecule has 5 heteroatoms. The van der Waals surface area contributed by atoms with Crippen molar-refractivity contribution in [2.75, 3.05) is 26.8 Å². The predicted octanol–water partition coefficient (Wildman–Crippen LogP) is 3.47. The van der Waals surface area contributed by atoms with Gasteiger partial charge in [-0.3, -0.25) is 4.90 Å². The molecule has 0 aromatic heterocycles. The lowest BCUT2D eigenvalue weighted by atomic mass is 10.0. The van der Waals surface area contributed by atoms with Crippen LogP contribution in [-0.2, 0) is 11.4 Å². The molecule has 0 saturated heterocycles. The van der Waals surface area contributed by atoms with Crippen LogP contribution in [0.3, 0.4) is 0 Å². The quantitative estimate of drug-likeness (QED) is 0.845. The first kappa shape index (κ1) is 16.9. The van der Waals surface area contributed by atoms with E-state index in [4.69, 9.17) is 14.3 Å². The highest BCUT2D eigenvalue weighted by atomic mass is 16.6. The van der Waals surface area contributed by atoms with Crippen molar-refractivity contribution in [3.63, 3.8) is 0 Å². The van der Waals surface area contributed by atoms with E-state index in [0.29, 0.717) is 6.61 Å². The number of hydrogen-bond acceptors (Lipinski definition) is 5. The van der Waals surface area contributed by atoms with Crippen molar-refractivity contribution in [3.05, 3.63) is 59.7 Å². The Morgan fingerprint density at radius 1 is 1.15 bits per heavy atom. The second kappa shape index (κ2) is 7.79. The highest BCUT2D eigenvalue weighted by Gasteiger charge is 2.26. The molecule has 0 amide bonds. The zero-order chi connectivity index (χ0) is 17.8. The van der Waals surface area contributed by atoms with E-state index in [1.807, 2.05) is 30.3 Å². The molecule has 0 fully saturated rings. The van der Waals surface area contributed by atoms with Gasteiger partial charge in [-0.2, -0.15) is 0 Å². The first-order valence-electron chi connectivity index (χ1n) is 9.12. The molecule has 1 atom stereocenters. The predicted molar refractivity (Wildman–Crippen MR) is 101 cm³/mol. The SMILES string of the molecule is COc1cccc2c1OCCCN(CC1CC(c3ccccc3)=NO1)C2. The van der Waals surface area contributed by atoms with Gasteiger partial charge in [0.25, 0.3) is 0 Å². The smallest absolute Gasteiger partial charge is 0.165 e. The molecule has 0 radical (unpaired) electrons. The number of nitrogens with zero attached hydrogens (tertiary/aromatic N) is 2. The lowest BCUT2D eigenvalue weighted by Crippen LogP contribution is -2.35. The largest absolute Gasteiger partial charge is 0.493 e. The van der Waals surface area contributed by atoms with Gasteiger partial charge in [0.1, 0.15) is 6.10 Å². The summed E-state index contributed by atoms with van der Waals surface area (Å²) in [6.45, 7) is 3.36. The van der Waals surface area contributed by atoms with Gasteiger partial charge in [-0.1, -0.05) is 47.6 Å². The highest BCUT2D eigenvalue weighted by Crippen LogP contribution is 2.33. The number of ether oxygens (including phenoxy) is 2. The van der Waals surface area contributed by atoms with Crippen LogP contribution in [-0.4, -0.2) is 43.5 Å². The van der Waals surface area contributed by atoms with Gasteiger partial charge in [-0.25, -0.2) is 0 Å². The Morgan fingerprint density at radius 3 is 2.88 bits per heavy atom. The van der Waals surface area contributed by atoms with Crippen LogP contribution < -0.4 is 9.47 Å². The lowest BCUT2D eigenvalue weighted by Gasteiger charge is -2.28. The summed E-state index contributed by atoms with van der Waals surface area (Å²) in [6.07, 6.45) is 1.93. The van der Waals surface area contributed by atoms with Gasteiger partial charge >= 0.3 is 0 Å². The van der Waals surface area contributed by atoms with E-state index in [1.165, 1.54) is 0 Å². The van der Waals surface area contributed by atoms with E-state index in [1.54, 1.807) is 7.11 Å². The first-order valence-corrected chi connectivity index (χ1v) is 9.12. The van der Waals surface area contributed by atoms with Crippen molar-refractivity contribution >= 4 is 5.71 Å². The molecule has 2 heterocycles. The summed E-state index contributed by atoms with van der Waals surface area (Å²) < 4.78 is 11.4. The summed E-state index contributed by atoms with van der Waals surface area (Å²) in [5, 5.41) is 4.31. The Kier molecular flexibility index (Phi) is 5.07. The van der Waals surface area contributed by atoms with Crippen molar-refractivity contribution in [1.29, 1.82) is 0 Å². The number of para-hydroxylation sites is 1. The maximum Gasteiger partial charge on any atom is 0.165 e. The van der Waals surface area contributed by atoms with Crippen molar-refractivity contribution in [2.24, 2.45) is 5.16 Å². The number of rotatable bonds is 4. The highest BCUT2D eigenvalue weighted by molar-refractivity contribution is 6.01. The topological polar surface area (TPSA) is 43.3 Å².